The second kappa shape index (κ2) is 8.52. The van der Waals surface area contributed by atoms with Crippen LogP contribution < -0.4 is 16.0 Å². The van der Waals surface area contributed by atoms with Crippen LogP contribution in [-0.4, -0.2) is 77.1 Å². The molecule has 3 atom stereocenters. The van der Waals surface area contributed by atoms with Crippen LogP contribution in [-0.2, 0) is 9.59 Å². The lowest BCUT2D eigenvalue weighted by atomic mass is 10.0. The third kappa shape index (κ3) is 4.65. The molecule has 2 heterocycles. The number of carbonyl (C=O) groups is 2. The largest absolute Gasteiger partial charge is 0.360 e. The number of carbonyl (C=O) groups excluding carboxylic acids is 2. The van der Waals surface area contributed by atoms with Crippen molar-refractivity contribution in [2.45, 2.75) is 70.1 Å². The van der Waals surface area contributed by atoms with E-state index in [1.54, 1.807) is 0 Å². The molecule has 3 fully saturated rings. The first-order valence-corrected chi connectivity index (χ1v) is 10.3. The van der Waals surface area contributed by atoms with E-state index in [2.05, 4.69) is 20.9 Å². The molecule has 3 unspecified atom stereocenters. The van der Waals surface area contributed by atoms with Crippen LogP contribution in [0.2, 0.25) is 0 Å². The minimum Gasteiger partial charge on any atom is -0.360 e. The normalized spacial score (nSPS) is 28.2. The SMILES string of the molecule is CCN(CC)C(=O)CCC1CNC(=O)C2CC(NC(=S)NC3CC3)CN12. The van der Waals surface area contributed by atoms with Crippen LogP contribution in [0.5, 0.6) is 0 Å². The number of rotatable bonds is 7. The van der Waals surface area contributed by atoms with Crippen molar-refractivity contribution >= 4 is 29.1 Å². The molecule has 1 aliphatic carbocycles. The van der Waals surface area contributed by atoms with Crippen LogP contribution in [0.15, 0.2) is 0 Å². The van der Waals surface area contributed by atoms with Crippen LogP contribution in [0.25, 0.3) is 0 Å². The molecule has 0 spiro atoms. The number of fused-ring (bicyclic) bond motifs is 1. The molecule has 3 aliphatic rings. The highest BCUT2D eigenvalue weighted by atomic mass is 32.1. The van der Waals surface area contributed by atoms with Crippen LogP contribution >= 0.6 is 12.2 Å². The van der Waals surface area contributed by atoms with Crippen molar-refractivity contribution in [3.05, 3.63) is 0 Å². The molecule has 2 saturated heterocycles. The van der Waals surface area contributed by atoms with Crippen molar-refractivity contribution in [3.63, 3.8) is 0 Å². The van der Waals surface area contributed by atoms with E-state index in [1.807, 2.05) is 18.7 Å². The van der Waals surface area contributed by atoms with E-state index in [9.17, 15) is 9.59 Å². The molecule has 2 aliphatic heterocycles. The molecule has 146 valence electrons. The van der Waals surface area contributed by atoms with E-state index in [0.29, 0.717) is 24.1 Å². The van der Waals surface area contributed by atoms with E-state index in [-0.39, 0.29) is 29.9 Å². The molecule has 0 radical (unpaired) electrons. The fraction of sp³-hybridized carbons (Fsp3) is 0.833. The first-order chi connectivity index (χ1) is 12.5. The summed E-state index contributed by atoms with van der Waals surface area (Å²) < 4.78 is 0. The van der Waals surface area contributed by atoms with Crippen molar-refractivity contribution in [1.82, 2.24) is 25.8 Å². The van der Waals surface area contributed by atoms with E-state index < -0.39 is 0 Å². The van der Waals surface area contributed by atoms with Crippen molar-refractivity contribution in [1.29, 1.82) is 0 Å². The lowest BCUT2D eigenvalue weighted by molar-refractivity contribution is -0.132. The van der Waals surface area contributed by atoms with Gasteiger partial charge in [-0.2, -0.15) is 0 Å². The van der Waals surface area contributed by atoms with Gasteiger partial charge in [-0.15, -0.1) is 0 Å². The molecule has 0 aromatic rings. The zero-order chi connectivity index (χ0) is 18.7. The summed E-state index contributed by atoms with van der Waals surface area (Å²) in [4.78, 5) is 28.7. The Morgan fingerprint density at radius 3 is 2.62 bits per heavy atom. The maximum absolute atomic E-state index is 12.3. The molecule has 1 saturated carbocycles. The van der Waals surface area contributed by atoms with E-state index >= 15 is 0 Å². The van der Waals surface area contributed by atoms with Gasteiger partial charge in [0.15, 0.2) is 5.11 Å². The van der Waals surface area contributed by atoms with Gasteiger partial charge in [-0.1, -0.05) is 0 Å². The number of piperazine rings is 1. The van der Waals surface area contributed by atoms with Gasteiger partial charge in [0.2, 0.25) is 11.8 Å². The predicted octanol–water partition coefficient (Wildman–Crippen LogP) is 0.203. The second-order valence-corrected chi connectivity index (χ2v) is 7.95. The molecule has 26 heavy (non-hydrogen) atoms. The fourth-order valence-electron chi connectivity index (χ4n) is 4.01. The summed E-state index contributed by atoms with van der Waals surface area (Å²) in [5.41, 5.74) is 0. The lowest BCUT2D eigenvalue weighted by Crippen LogP contribution is -2.58. The smallest absolute Gasteiger partial charge is 0.237 e. The highest BCUT2D eigenvalue weighted by Gasteiger charge is 2.43. The molecule has 0 aromatic heterocycles. The second-order valence-electron chi connectivity index (χ2n) is 7.54. The minimum atomic E-state index is -0.112. The minimum absolute atomic E-state index is 0.0988. The Bertz CT molecular complexity index is 550. The van der Waals surface area contributed by atoms with Crippen LogP contribution in [0.4, 0.5) is 0 Å². The lowest BCUT2D eigenvalue weighted by Gasteiger charge is -2.37. The Hall–Kier alpha value is -1.41. The number of hydrogen-bond acceptors (Lipinski definition) is 4. The molecule has 0 bridgehead atoms. The average molecular weight is 382 g/mol. The predicted molar refractivity (Wildman–Crippen MR) is 105 cm³/mol. The first kappa shape index (κ1) is 19.4. The van der Waals surface area contributed by atoms with Gasteiger partial charge in [0.25, 0.3) is 0 Å². The fourth-order valence-corrected chi connectivity index (χ4v) is 4.35. The van der Waals surface area contributed by atoms with Gasteiger partial charge in [0, 0.05) is 50.7 Å². The molecule has 2 amide bonds. The van der Waals surface area contributed by atoms with Crippen molar-refractivity contribution in [2.24, 2.45) is 0 Å². The summed E-state index contributed by atoms with van der Waals surface area (Å²) in [7, 11) is 0. The maximum Gasteiger partial charge on any atom is 0.237 e. The molecule has 3 rings (SSSR count). The summed E-state index contributed by atoms with van der Waals surface area (Å²) >= 11 is 5.38. The Morgan fingerprint density at radius 1 is 1.27 bits per heavy atom. The van der Waals surface area contributed by atoms with Gasteiger partial charge in [0.05, 0.1) is 6.04 Å². The van der Waals surface area contributed by atoms with Crippen LogP contribution in [0, 0.1) is 0 Å². The van der Waals surface area contributed by atoms with E-state index in [0.717, 1.165) is 32.5 Å². The van der Waals surface area contributed by atoms with E-state index in [1.165, 1.54) is 12.8 Å². The molecule has 8 heteroatoms. The summed E-state index contributed by atoms with van der Waals surface area (Å²) in [5.74, 6) is 0.300. The first-order valence-electron chi connectivity index (χ1n) is 9.90. The summed E-state index contributed by atoms with van der Waals surface area (Å²) in [6.45, 7) is 6.94. The number of nitrogens with zero attached hydrogens (tertiary/aromatic N) is 2. The molecule has 7 nitrogen and oxygen atoms in total. The molecular formula is C18H31N5O2S. The van der Waals surface area contributed by atoms with E-state index in [4.69, 9.17) is 12.2 Å². The summed E-state index contributed by atoms with van der Waals surface area (Å²) in [6.07, 6.45) is 4.45. The zero-order valence-corrected chi connectivity index (χ0v) is 16.6. The number of thiocarbonyl (C=S) groups is 1. The number of nitrogens with one attached hydrogen (secondary N) is 3. The third-order valence-electron chi connectivity index (χ3n) is 5.68. The molecule has 0 aromatic carbocycles. The third-order valence-corrected chi connectivity index (χ3v) is 5.91. The Kier molecular flexibility index (Phi) is 6.34. The molecule has 3 N–H and O–H groups in total. The van der Waals surface area contributed by atoms with Gasteiger partial charge in [-0.3, -0.25) is 14.5 Å². The average Bonchev–Trinajstić information content (AvgIpc) is 3.31. The molecular weight excluding hydrogens is 350 g/mol. The number of hydrogen-bond donors (Lipinski definition) is 3. The Morgan fingerprint density at radius 2 is 1.96 bits per heavy atom. The summed E-state index contributed by atoms with van der Waals surface area (Å²) in [5, 5.41) is 10.4. The van der Waals surface area contributed by atoms with Crippen LogP contribution in [0.3, 0.4) is 0 Å². The van der Waals surface area contributed by atoms with Gasteiger partial charge >= 0.3 is 0 Å². The number of amides is 2. The Balaban J connectivity index is 1.52. The van der Waals surface area contributed by atoms with Gasteiger partial charge in [-0.05, 0) is 51.7 Å². The van der Waals surface area contributed by atoms with Crippen LogP contribution in [0.1, 0.15) is 46.0 Å². The maximum atomic E-state index is 12.3. The summed E-state index contributed by atoms with van der Waals surface area (Å²) in [6, 6.07) is 0.817. The highest BCUT2D eigenvalue weighted by molar-refractivity contribution is 7.80. The monoisotopic (exact) mass is 381 g/mol. The topological polar surface area (TPSA) is 76.7 Å². The van der Waals surface area contributed by atoms with Gasteiger partial charge in [0.1, 0.15) is 0 Å². The van der Waals surface area contributed by atoms with Crippen molar-refractivity contribution in [3.8, 4) is 0 Å². The quantitative estimate of drug-likeness (QED) is 0.547. The van der Waals surface area contributed by atoms with Gasteiger partial charge in [-0.25, -0.2) is 0 Å². The van der Waals surface area contributed by atoms with Crippen molar-refractivity contribution in [2.75, 3.05) is 26.2 Å². The van der Waals surface area contributed by atoms with Crippen molar-refractivity contribution < 1.29 is 9.59 Å². The highest BCUT2D eigenvalue weighted by Crippen LogP contribution is 2.26. The standard InChI is InChI=1S/C18H31N5O2S/c1-3-22(4-2)16(24)8-7-14-10-19-17(25)15-9-13(11-23(14)15)21-18(26)20-12-5-6-12/h12-15H,3-11H2,1-2H3,(H,19,25)(H2,20,21,26). The Labute approximate surface area is 161 Å². The zero-order valence-electron chi connectivity index (χ0n) is 15.8. The van der Waals surface area contributed by atoms with Gasteiger partial charge < -0.3 is 20.9 Å².